The number of anilines is 2. The third kappa shape index (κ3) is 3.86. The first-order valence-corrected chi connectivity index (χ1v) is 9.85. The molecule has 6 nitrogen and oxygen atoms in total. The summed E-state index contributed by atoms with van der Waals surface area (Å²) in [6.07, 6.45) is 0. The fourth-order valence-electron chi connectivity index (χ4n) is 2.77. The number of nitrogens with one attached hydrogen (secondary N) is 1. The van der Waals surface area contributed by atoms with Gasteiger partial charge >= 0.3 is 0 Å². The van der Waals surface area contributed by atoms with Crippen molar-refractivity contribution < 1.29 is 14.3 Å². The maximum Gasteiger partial charge on any atom is 0.265 e. The molecule has 0 spiro atoms. The normalized spacial score (nSPS) is 13.1. The van der Waals surface area contributed by atoms with E-state index in [2.05, 4.69) is 26.2 Å². The van der Waals surface area contributed by atoms with Crippen LogP contribution in [-0.4, -0.2) is 29.9 Å². The fraction of sp³-hybridized carbons (Fsp3) is 0.105. The highest BCUT2D eigenvalue weighted by Gasteiger charge is 2.28. The van der Waals surface area contributed by atoms with Gasteiger partial charge in [0.15, 0.2) is 6.61 Å². The van der Waals surface area contributed by atoms with Gasteiger partial charge in [-0.05, 0) is 42.5 Å². The minimum absolute atomic E-state index is 0.0887. The van der Waals surface area contributed by atoms with Crippen molar-refractivity contribution in [3.8, 4) is 17.0 Å². The van der Waals surface area contributed by atoms with Crippen LogP contribution in [0.2, 0.25) is 0 Å². The minimum atomic E-state index is -0.280. The summed E-state index contributed by atoms with van der Waals surface area (Å²) in [5.41, 5.74) is 4.68. The molecule has 0 aliphatic carbocycles. The SMILES string of the molecule is O=C(CN1C(=O)COc2ccc(-c3cscn3)cc21)Nc1ccc(Br)cc1. The Balaban J connectivity index is 1.57. The number of fused-ring (bicyclic) bond motifs is 1. The van der Waals surface area contributed by atoms with Gasteiger partial charge in [-0.3, -0.25) is 14.5 Å². The van der Waals surface area contributed by atoms with Crippen molar-refractivity contribution in [1.82, 2.24) is 4.98 Å². The summed E-state index contributed by atoms with van der Waals surface area (Å²) in [4.78, 5) is 30.6. The van der Waals surface area contributed by atoms with Crippen molar-refractivity contribution >= 4 is 50.5 Å². The molecule has 8 heteroatoms. The van der Waals surface area contributed by atoms with E-state index in [1.165, 1.54) is 16.2 Å². The van der Waals surface area contributed by atoms with Crippen molar-refractivity contribution in [2.75, 3.05) is 23.4 Å². The van der Waals surface area contributed by atoms with Crippen molar-refractivity contribution in [2.45, 2.75) is 0 Å². The number of thiazole rings is 1. The summed E-state index contributed by atoms with van der Waals surface area (Å²) in [5.74, 6) is 0.0338. The number of rotatable bonds is 4. The molecule has 0 fully saturated rings. The summed E-state index contributed by atoms with van der Waals surface area (Å²) >= 11 is 4.85. The second-order valence-electron chi connectivity index (χ2n) is 5.88. The second-order valence-corrected chi connectivity index (χ2v) is 7.51. The average molecular weight is 444 g/mol. The first kappa shape index (κ1) is 17.7. The molecule has 27 heavy (non-hydrogen) atoms. The fourth-order valence-corrected chi connectivity index (χ4v) is 3.59. The molecule has 0 saturated carbocycles. The van der Waals surface area contributed by atoms with Gasteiger partial charge in [0.05, 0.1) is 16.9 Å². The zero-order chi connectivity index (χ0) is 18.8. The zero-order valence-corrected chi connectivity index (χ0v) is 16.4. The van der Waals surface area contributed by atoms with Crippen LogP contribution in [0.5, 0.6) is 5.75 Å². The van der Waals surface area contributed by atoms with Gasteiger partial charge in [-0.1, -0.05) is 15.9 Å². The highest BCUT2D eigenvalue weighted by Crippen LogP contribution is 2.36. The summed E-state index contributed by atoms with van der Waals surface area (Å²) in [7, 11) is 0. The Bertz CT molecular complexity index is 990. The molecule has 4 rings (SSSR count). The van der Waals surface area contributed by atoms with E-state index in [0.29, 0.717) is 17.1 Å². The van der Waals surface area contributed by atoms with E-state index in [4.69, 9.17) is 4.74 Å². The molecule has 0 bridgehead atoms. The van der Waals surface area contributed by atoms with E-state index in [1.54, 1.807) is 23.7 Å². The molecule has 2 heterocycles. The van der Waals surface area contributed by atoms with E-state index >= 15 is 0 Å². The summed E-state index contributed by atoms with van der Waals surface area (Å²) in [5, 5.41) is 4.73. The minimum Gasteiger partial charge on any atom is -0.482 e. The Morgan fingerprint density at radius 2 is 2.07 bits per heavy atom. The van der Waals surface area contributed by atoms with Gasteiger partial charge in [0.25, 0.3) is 5.91 Å². The molecule has 1 aromatic heterocycles. The molecule has 1 aliphatic heterocycles. The van der Waals surface area contributed by atoms with Gasteiger partial charge < -0.3 is 10.1 Å². The van der Waals surface area contributed by atoms with Crippen LogP contribution >= 0.6 is 27.3 Å². The highest BCUT2D eigenvalue weighted by molar-refractivity contribution is 9.10. The standard InChI is InChI=1S/C19H14BrN3O3S/c20-13-2-4-14(5-3-13)22-18(24)8-23-16-7-12(15-10-27-11-21-15)1-6-17(16)26-9-19(23)25/h1-7,10-11H,8-9H2,(H,22,24). The number of halogens is 1. The molecular weight excluding hydrogens is 430 g/mol. The van der Waals surface area contributed by atoms with E-state index < -0.39 is 0 Å². The van der Waals surface area contributed by atoms with Crippen LogP contribution in [0.4, 0.5) is 11.4 Å². The van der Waals surface area contributed by atoms with Gasteiger partial charge in [0.2, 0.25) is 5.91 Å². The summed E-state index contributed by atoms with van der Waals surface area (Å²) in [6.45, 7) is -0.180. The maximum absolute atomic E-state index is 12.5. The molecule has 2 amide bonds. The molecular formula is C19H14BrN3O3S. The van der Waals surface area contributed by atoms with E-state index in [1.807, 2.05) is 29.6 Å². The Kier molecular flexibility index (Phi) is 4.91. The molecule has 0 radical (unpaired) electrons. The number of hydrogen-bond donors (Lipinski definition) is 1. The summed E-state index contributed by atoms with van der Waals surface area (Å²) < 4.78 is 6.43. The van der Waals surface area contributed by atoms with Gasteiger partial charge in [-0.15, -0.1) is 11.3 Å². The van der Waals surface area contributed by atoms with Crippen molar-refractivity contribution in [2.24, 2.45) is 0 Å². The Labute approximate surface area is 167 Å². The molecule has 0 atom stereocenters. The zero-order valence-electron chi connectivity index (χ0n) is 14.0. The Morgan fingerprint density at radius 3 is 2.81 bits per heavy atom. The summed E-state index contributed by atoms with van der Waals surface area (Å²) in [6, 6.07) is 12.8. The average Bonchev–Trinajstić information content (AvgIpc) is 3.20. The van der Waals surface area contributed by atoms with Crippen LogP contribution in [0.1, 0.15) is 0 Å². The van der Waals surface area contributed by atoms with E-state index in [9.17, 15) is 9.59 Å². The predicted octanol–water partition coefficient (Wildman–Crippen LogP) is 3.94. The van der Waals surface area contributed by atoms with Crippen molar-refractivity contribution in [3.63, 3.8) is 0 Å². The smallest absolute Gasteiger partial charge is 0.265 e. The van der Waals surface area contributed by atoms with Crippen LogP contribution in [0.25, 0.3) is 11.3 Å². The number of ether oxygens (including phenoxy) is 1. The molecule has 3 aromatic rings. The monoisotopic (exact) mass is 443 g/mol. The number of benzene rings is 2. The third-order valence-electron chi connectivity index (χ3n) is 4.06. The third-order valence-corrected chi connectivity index (χ3v) is 5.17. The molecule has 0 unspecified atom stereocenters. The van der Waals surface area contributed by atoms with Crippen molar-refractivity contribution in [1.29, 1.82) is 0 Å². The molecule has 136 valence electrons. The van der Waals surface area contributed by atoms with Crippen LogP contribution in [0, 0.1) is 0 Å². The molecule has 0 saturated heterocycles. The van der Waals surface area contributed by atoms with Crippen LogP contribution < -0.4 is 15.0 Å². The lowest BCUT2D eigenvalue weighted by atomic mass is 10.1. The first-order valence-electron chi connectivity index (χ1n) is 8.11. The van der Waals surface area contributed by atoms with Crippen LogP contribution in [-0.2, 0) is 9.59 Å². The van der Waals surface area contributed by atoms with Crippen LogP contribution in [0.3, 0.4) is 0 Å². The molecule has 1 N–H and O–H groups in total. The lowest BCUT2D eigenvalue weighted by molar-refractivity contribution is -0.123. The maximum atomic E-state index is 12.5. The molecule has 1 aliphatic rings. The van der Waals surface area contributed by atoms with Gasteiger partial charge in [0.1, 0.15) is 12.3 Å². The lowest BCUT2D eigenvalue weighted by Gasteiger charge is -2.29. The topological polar surface area (TPSA) is 71.5 Å². The van der Waals surface area contributed by atoms with Gasteiger partial charge in [0, 0.05) is 21.1 Å². The number of hydrogen-bond acceptors (Lipinski definition) is 5. The van der Waals surface area contributed by atoms with E-state index in [0.717, 1.165) is 15.7 Å². The van der Waals surface area contributed by atoms with E-state index in [-0.39, 0.29) is 25.0 Å². The second kappa shape index (κ2) is 7.50. The van der Waals surface area contributed by atoms with Gasteiger partial charge in [-0.25, -0.2) is 4.98 Å². The highest BCUT2D eigenvalue weighted by atomic mass is 79.9. The number of aromatic nitrogens is 1. The predicted molar refractivity (Wildman–Crippen MR) is 108 cm³/mol. The number of nitrogens with zero attached hydrogens (tertiary/aromatic N) is 2. The quantitative estimate of drug-likeness (QED) is 0.662. The number of carbonyl (C=O) groups excluding carboxylic acids is 2. The number of amides is 2. The van der Waals surface area contributed by atoms with Gasteiger partial charge in [-0.2, -0.15) is 0 Å². The van der Waals surface area contributed by atoms with Crippen LogP contribution in [0.15, 0.2) is 57.8 Å². The molecule has 2 aromatic carbocycles. The Morgan fingerprint density at radius 1 is 1.26 bits per heavy atom. The lowest BCUT2D eigenvalue weighted by Crippen LogP contribution is -2.43. The largest absolute Gasteiger partial charge is 0.482 e. The Hall–Kier alpha value is -2.71. The number of carbonyl (C=O) groups is 2. The van der Waals surface area contributed by atoms with Crippen molar-refractivity contribution in [3.05, 3.63) is 57.8 Å². The first-order chi connectivity index (χ1) is 13.1.